The van der Waals surface area contributed by atoms with Crippen LogP contribution in [0, 0.1) is 6.92 Å². The highest BCUT2D eigenvalue weighted by Gasteiger charge is 2.07. The molecule has 0 aliphatic heterocycles. The summed E-state index contributed by atoms with van der Waals surface area (Å²) >= 11 is 11.8. The molecule has 0 spiro atoms. The van der Waals surface area contributed by atoms with Crippen molar-refractivity contribution in [2.24, 2.45) is 0 Å². The third kappa shape index (κ3) is 3.09. The molecule has 0 aliphatic rings. The molecule has 0 saturated carbocycles. The van der Waals surface area contributed by atoms with Crippen molar-refractivity contribution >= 4 is 28.9 Å². The molecule has 0 saturated heterocycles. The second kappa shape index (κ2) is 5.51. The van der Waals surface area contributed by atoms with E-state index in [-0.39, 0.29) is 10.8 Å². The van der Waals surface area contributed by atoms with Gasteiger partial charge in [0.1, 0.15) is 5.75 Å². The monoisotopic (exact) mass is 281 g/mol. The number of halogens is 2. The molecule has 0 atom stereocenters. The molecular weight excluding hydrogens is 269 g/mol. The number of benzene rings is 2. The zero-order valence-corrected chi connectivity index (χ0v) is 11.4. The van der Waals surface area contributed by atoms with E-state index >= 15 is 0 Å². The standard InChI is InChI=1S/C14H13Cl2NO/c1-9-3-2-4-12(5-9)17-8-10-6-11(15)7-13(16)14(10)18/h2-7,17-18H,8H2,1H3. The molecule has 4 heteroatoms. The van der Waals surface area contributed by atoms with Gasteiger partial charge >= 0.3 is 0 Å². The van der Waals surface area contributed by atoms with E-state index in [4.69, 9.17) is 23.2 Å². The summed E-state index contributed by atoms with van der Waals surface area (Å²) in [5, 5.41) is 13.8. The Morgan fingerprint density at radius 3 is 2.67 bits per heavy atom. The topological polar surface area (TPSA) is 32.3 Å². The molecule has 0 fully saturated rings. The van der Waals surface area contributed by atoms with E-state index in [1.54, 1.807) is 6.07 Å². The number of hydrogen-bond acceptors (Lipinski definition) is 2. The maximum atomic E-state index is 9.82. The number of nitrogens with one attached hydrogen (secondary N) is 1. The predicted octanol–water partition coefficient (Wildman–Crippen LogP) is 4.62. The molecule has 18 heavy (non-hydrogen) atoms. The van der Waals surface area contributed by atoms with Crippen molar-refractivity contribution in [3.63, 3.8) is 0 Å². The van der Waals surface area contributed by atoms with Gasteiger partial charge in [-0.05, 0) is 36.8 Å². The van der Waals surface area contributed by atoms with Crippen molar-refractivity contribution in [3.05, 3.63) is 57.6 Å². The largest absolute Gasteiger partial charge is 0.506 e. The number of hydrogen-bond donors (Lipinski definition) is 2. The van der Waals surface area contributed by atoms with Crippen LogP contribution in [-0.4, -0.2) is 5.11 Å². The molecule has 0 amide bonds. The fourth-order valence-corrected chi connectivity index (χ4v) is 2.24. The highest BCUT2D eigenvalue weighted by atomic mass is 35.5. The zero-order chi connectivity index (χ0) is 13.1. The summed E-state index contributed by atoms with van der Waals surface area (Å²) in [4.78, 5) is 0. The number of anilines is 1. The number of rotatable bonds is 3. The third-order valence-corrected chi connectivity index (χ3v) is 3.11. The van der Waals surface area contributed by atoms with Crippen molar-refractivity contribution in [2.45, 2.75) is 13.5 Å². The van der Waals surface area contributed by atoms with Crippen molar-refractivity contribution in [1.82, 2.24) is 0 Å². The average molecular weight is 282 g/mol. The Kier molecular flexibility index (Phi) is 4.00. The number of phenolic OH excluding ortho intramolecular Hbond substituents is 1. The minimum absolute atomic E-state index is 0.0706. The van der Waals surface area contributed by atoms with Gasteiger partial charge in [0.2, 0.25) is 0 Å². The van der Waals surface area contributed by atoms with Crippen LogP contribution in [0.25, 0.3) is 0 Å². The van der Waals surface area contributed by atoms with Gasteiger partial charge in [-0.2, -0.15) is 0 Å². The summed E-state index contributed by atoms with van der Waals surface area (Å²) in [6.45, 7) is 2.49. The van der Waals surface area contributed by atoms with Crippen LogP contribution in [0.5, 0.6) is 5.75 Å². The third-order valence-electron chi connectivity index (χ3n) is 2.61. The lowest BCUT2D eigenvalue weighted by molar-refractivity contribution is 0.469. The lowest BCUT2D eigenvalue weighted by Gasteiger charge is -2.10. The molecule has 94 valence electrons. The first kappa shape index (κ1) is 13.1. The maximum absolute atomic E-state index is 9.82. The van der Waals surface area contributed by atoms with Gasteiger partial charge in [0, 0.05) is 22.8 Å². The first-order valence-corrected chi connectivity index (χ1v) is 6.29. The molecule has 2 nitrogen and oxygen atoms in total. The summed E-state index contributed by atoms with van der Waals surface area (Å²) in [5.41, 5.74) is 2.84. The van der Waals surface area contributed by atoms with Crippen molar-refractivity contribution < 1.29 is 5.11 Å². The average Bonchev–Trinajstić information content (AvgIpc) is 2.32. The van der Waals surface area contributed by atoms with Crippen LogP contribution in [0.4, 0.5) is 5.69 Å². The van der Waals surface area contributed by atoms with Crippen LogP contribution in [-0.2, 0) is 6.54 Å². The van der Waals surface area contributed by atoms with Gasteiger partial charge in [-0.15, -0.1) is 0 Å². The molecule has 0 aliphatic carbocycles. The van der Waals surface area contributed by atoms with Gasteiger partial charge in [-0.25, -0.2) is 0 Å². The van der Waals surface area contributed by atoms with Crippen LogP contribution >= 0.6 is 23.2 Å². The van der Waals surface area contributed by atoms with Gasteiger partial charge in [0.25, 0.3) is 0 Å². The van der Waals surface area contributed by atoms with E-state index < -0.39 is 0 Å². The first-order valence-electron chi connectivity index (χ1n) is 5.53. The highest BCUT2D eigenvalue weighted by molar-refractivity contribution is 6.35. The Hall–Kier alpha value is -1.38. The van der Waals surface area contributed by atoms with Crippen molar-refractivity contribution in [2.75, 3.05) is 5.32 Å². The van der Waals surface area contributed by atoms with Crippen LogP contribution in [0.1, 0.15) is 11.1 Å². The van der Waals surface area contributed by atoms with Gasteiger partial charge in [0.15, 0.2) is 0 Å². The second-order valence-corrected chi connectivity index (χ2v) is 4.96. The number of phenols is 1. The minimum atomic E-state index is 0.0706. The van der Waals surface area contributed by atoms with Crippen LogP contribution in [0.3, 0.4) is 0 Å². The Morgan fingerprint density at radius 2 is 1.94 bits per heavy atom. The molecular formula is C14H13Cl2NO. The fourth-order valence-electron chi connectivity index (χ4n) is 1.71. The van der Waals surface area contributed by atoms with E-state index in [1.807, 2.05) is 31.2 Å². The van der Waals surface area contributed by atoms with Gasteiger partial charge < -0.3 is 10.4 Å². The Morgan fingerprint density at radius 1 is 1.17 bits per heavy atom. The number of aromatic hydroxyl groups is 1. The van der Waals surface area contributed by atoms with E-state index in [0.717, 1.165) is 5.69 Å². The second-order valence-electron chi connectivity index (χ2n) is 4.12. The Bertz CT molecular complexity index is 570. The SMILES string of the molecule is Cc1cccc(NCc2cc(Cl)cc(Cl)c2O)c1. The summed E-state index contributed by atoms with van der Waals surface area (Å²) in [6.07, 6.45) is 0. The van der Waals surface area contributed by atoms with Gasteiger partial charge in [-0.1, -0.05) is 35.3 Å². The van der Waals surface area contributed by atoms with Crippen molar-refractivity contribution in [1.29, 1.82) is 0 Å². The minimum Gasteiger partial charge on any atom is -0.506 e. The van der Waals surface area contributed by atoms with Crippen LogP contribution in [0.2, 0.25) is 10.0 Å². The van der Waals surface area contributed by atoms with E-state index in [1.165, 1.54) is 11.6 Å². The van der Waals surface area contributed by atoms with Crippen LogP contribution in [0.15, 0.2) is 36.4 Å². The number of aryl methyl sites for hydroxylation is 1. The summed E-state index contributed by atoms with van der Waals surface area (Å²) in [6, 6.07) is 11.2. The molecule has 2 aromatic rings. The quantitative estimate of drug-likeness (QED) is 0.861. The fraction of sp³-hybridized carbons (Fsp3) is 0.143. The summed E-state index contributed by atoms with van der Waals surface area (Å²) in [7, 11) is 0. The molecule has 0 radical (unpaired) electrons. The van der Waals surface area contributed by atoms with E-state index in [9.17, 15) is 5.11 Å². The summed E-state index contributed by atoms with van der Waals surface area (Å²) in [5.74, 6) is 0.0706. The molecule has 2 rings (SSSR count). The lowest BCUT2D eigenvalue weighted by atomic mass is 10.2. The van der Waals surface area contributed by atoms with Gasteiger partial charge in [-0.3, -0.25) is 0 Å². The molecule has 0 bridgehead atoms. The van der Waals surface area contributed by atoms with Crippen molar-refractivity contribution in [3.8, 4) is 5.75 Å². The normalized spacial score (nSPS) is 10.4. The highest BCUT2D eigenvalue weighted by Crippen LogP contribution is 2.31. The molecule has 0 aromatic heterocycles. The lowest BCUT2D eigenvalue weighted by Crippen LogP contribution is -2.00. The first-order chi connectivity index (χ1) is 8.56. The molecule has 2 N–H and O–H groups in total. The maximum Gasteiger partial charge on any atom is 0.139 e. The smallest absolute Gasteiger partial charge is 0.139 e. The van der Waals surface area contributed by atoms with E-state index in [2.05, 4.69) is 5.32 Å². The molecule has 0 heterocycles. The van der Waals surface area contributed by atoms with Gasteiger partial charge in [0.05, 0.1) is 5.02 Å². The summed E-state index contributed by atoms with van der Waals surface area (Å²) < 4.78 is 0. The molecule has 0 unspecified atom stereocenters. The van der Waals surface area contributed by atoms with Crippen LogP contribution < -0.4 is 5.32 Å². The Balaban J connectivity index is 2.15. The Labute approximate surface area is 116 Å². The molecule has 2 aromatic carbocycles. The predicted molar refractivity (Wildman–Crippen MR) is 76.6 cm³/mol. The van der Waals surface area contributed by atoms with E-state index in [0.29, 0.717) is 17.1 Å². The zero-order valence-electron chi connectivity index (χ0n) is 9.87.